The lowest BCUT2D eigenvalue weighted by Gasteiger charge is -2.18. The average Bonchev–Trinajstić information content (AvgIpc) is 2.17. The van der Waals surface area contributed by atoms with Crippen molar-refractivity contribution in [2.24, 2.45) is 0 Å². The van der Waals surface area contributed by atoms with Crippen molar-refractivity contribution < 1.29 is 9.18 Å². The minimum absolute atomic E-state index is 0.155. The summed E-state index contributed by atoms with van der Waals surface area (Å²) in [5.41, 5.74) is 2.02. The number of nitrogens with one attached hydrogen (secondary N) is 1. The molecular weight excluding hydrogens is 169 g/mol. The maximum atomic E-state index is 13.1. The molecule has 0 saturated carbocycles. The molecule has 0 fully saturated rings. The van der Waals surface area contributed by atoms with Gasteiger partial charge in [0.15, 0.2) is 6.29 Å². The Morgan fingerprint density at radius 3 is 3.08 bits per heavy atom. The van der Waals surface area contributed by atoms with Crippen LogP contribution in [0.2, 0.25) is 0 Å². The smallest absolute Gasteiger partial charge is 0.153 e. The molecule has 0 aliphatic carbocycles. The SMILES string of the molecule is O=Cc1cc2c(cc1F)NCCC2. The van der Waals surface area contributed by atoms with Gasteiger partial charge in [0.05, 0.1) is 5.56 Å². The minimum atomic E-state index is -0.442. The van der Waals surface area contributed by atoms with E-state index < -0.39 is 5.82 Å². The average molecular weight is 179 g/mol. The third-order valence-electron chi connectivity index (χ3n) is 2.29. The van der Waals surface area contributed by atoms with Crippen LogP contribution in [0.25, 0.3) is 0 Å². The molecule has 13 heavy (non-hydrogen) atoms. The summed E-state index contributed by atoms with van der Waals surface area (Å²) < 4.78 is 13.1. The van der Waals surface area contributed by atoms with Crippen molar-refractivity contribution in [2.45, 2.75) is 12.8 Å². The predicted octanol–water partition coefficient (Wildman–Crippen LogP) is 2.00. The molecule has 0 spiro atoms. The van der Waals surface area contributed by atoms with E-state index in [0.717, 1.165) is 30.6 Å². The van der Waals surface area contributed by atoms with Crippen molar-refractivity contribution in [3.63, 3.8) is 0 Å². The Kier molecular flexibility index (Phi) is 2.00. The van der Waals surface area contributed by atoms with Crippen LogP contribution in [0.3, 0.4) is 0 Å². The van der Waals surface area contributed by atoms with Gasteiger partial charge in [0.25, 0.3) is 0 Å². The van der Waals surface area contributed by atoms with Crippen molar-refractivity contribution >= 4 is 12.0 Å². The number of halogens is 1. The molecule has 0 atom stereocenters. The number of aldehydes is 1. The van der Waals surface area contributed by atoms with Gasteiger partial charge in [-0.2, -0.15) is 0 Å². The Labute approximate surface area is 75.8 Å². The number of hydrogen-bond acceptors (Lipinski definition) is 2. The Morgan fingerprint density at radius 2 is 2.31 bits per heavy atom. The van der Waals surface area contributed by atoms with Crippen LogP contribution in [0.5, 0.6) is 0 Å². The molecule has 1 aromatic carbocycles. The van der Waals surface area contributed by atoms with Gasteiger partial charge in [-0.15, -0.1) is 0 Å². The van der Waals surface area contributed by atoms with Gasteiger partial charge in [-0.3, -0.25) is 4.79 Å². The van der Waals surface area contributed by atoms with Gasteiger partial charge in [-0.25, -0.2) is 4.39 Å². The van der Waals surface area contributed by atoms with Crippen LogP contribution in [0.15, 0.2) is 12.1 Å². The van der Waals surface area contributed by atoms with E-state index in [1.165, 1.54) is 6.07 Å². The molecule has 0 bridgehead atoms. The lowest BCUT2D eigenvalue weighted by atomic mass is 10.0. The van der Waals surface area contributed by atoms with Crippen LogP contribution in [0.4, 0.5) is 10.1 Å². The first-order chi connectivity index (χ1) is 6.31. The summed E-state index contributed by atoms with van der Waals surface area (Å²) in [6, 6.07) is 3.03. The van der Waals surface area contributed by atoms with Crippen LogP contribution in [0, 0.1) is 5.82 Å². The van der Waals surface area contributed by atoms with Gasteiger partial charge in [0, 0.05) is 12.2 Å². The fourth-order valence-electron chi connectivity index (χ4n) is 1.60. The fraction of sp³-hybridized carbons (Fsp3) is 0.300. The Balaban J connectivity index is 2.50. The molecule has 0 radical (unpaired) electrons. The largest absolute Gasteiger partial charge is 0.385 e. The zero-order valence-corrected chi connectivity index (χ0v) is 7.14. The van der Waals surface area contributed by atoms with Gasteiger partial charge in [-0.05, 0) is 30.5 Å². The molecule has 68 valence electrons. The number of carbonyl (C=O) groups is 1. The quantitative estimate of drug-likeness (QED) is 0.668. The van der Waals surface area contributed by atoms with E-state index in [0.29, 0.717) is 6.29 Å². The highest BCUT2D eigenvalue weighted by Gasteiger charge is 2.12. The maximum absolute atomic E-state index is 13.1. The highest BCUT2D eigenvalue weighted by molar-refractivity contribution is 5.77. The second-order valence-electron chi connectivity index (χ2n) is 3.18. The van der Waals surface area contributed by atoms with Crippen LogP contribution in [0.1, 0.15) is 22.3 Å². The predicted molar refractivity (Wildman–Crippen MR) is 48.6 cm³/mol. The van der Waals surface area contributed by atoms with Crippen LogP contribution < -0.4 is 5.32 Å². The first-order valence-electron chi connectivity index (χ1n) is 4.33. The molecule has 0 saturated heterocycles. The number of benzene rings is 1. The molecule has 1 aliphatic rings. The summed E-state index contributed by atoms with van der Waals surface area (Å²) in [6.07, 6.45) is 2.52. The molecule has 0 aromatic heterocycles. The number of fused-ring (bicyclic) bond motifs is 1. The Hall–Kier alpha value is -1.38. The normalized spacial score (nSPS) is 14.5. The molecule has 0 unspecified atom stereocenters. The van der Waals surface area contributed by atoms with E-state index in [-0.39, 0.29) is 5.56 Å². The monoisotopic (exact) mass is 179 g/mol. The standard InChI is InChI=1S/C10H10FNO/c11-9-5-10-7(2-1-3-12-10)4-8(9)6-13/h4-6,12H,1-3H2. The number of rotatable bonds is 1. The van der Waals surface area contributed by atoms with E-state index >= 15 is 0 Å². The van der Waals surface area contributed by atoms with Crippen molar-refractivity contribution in [3.8, 4) is 0 Å². The fourth-order valence-corrected chi connectivity index (χ4v) is 1.60. The zero-order chi connectivity index (χ0) is 9.26. The lowest BCUT2D eigenvalue weighted by Crippen LogP contribution is -2.12. The van der Waals surface area contributed by atoms with E-state index in [9.17, 15) is 9.18 Å². The molecule has 3 heteroatoms. The highest BCUT2D eigenvalue weighted by Crippen LogP contribution is 2.24. The topological polar surface area (TPSA) is 29.1 Å². The van der Waals surface area contributed by atoms with Gasteiger partial charge < -0.3 is 5.32 Å². The van der Waals surface area contributed by atoms with Gasteiger partial charge in [-0.1, -0.05) is 0 Å². The summed E-state index contributed by atoms with van der Waals surface area (Å²) in [5.74, 6) is -0.442. The molecule has 1 heterocycles. The summed E-state index contributed by atoms with van der Waals surface area (Å²) in [6.45, 7) is 0.882. The van der Waals surface area contributed by atoms with Crippen LogP contribution in [-0.2, 0) is 6.42 Å². The van der Waals surface area contributed by atoms with Crippen molar-refractivity contribution in [2.75, 3.05) is 11.9 Å². The van der Waals surface area contributed by atoms with Gasteiger partial charge in [0.2, 0.25) is 0 Å². The maximum Gasteiger partial charge on any atom is 0.153 e. The van der Waals surface area contributed by atoms with Crippen LogP contribution in [-0.4, -0.2) is 12.8 Å². The number of aryl methyl sites for hydroxylation is 1. The molecule has 2 nitrogen and oxygen atoms in total. The molecule has 0 amide bonds. The molecule has 1 N–H and O–H groups in total. The van der Waals surface area contributed by atoms with Crippen molar-refractivity contribution in [1.29, 1.82) is 0 Å². The van der Waals surface area contributed by atoms with Crippen molar-refractivity contribution in [3.05, 3.63) is 29.1 Å². The third-order valence-corrected chi connectivity index (χ3v) is 2.29. The summed E-state index contributed by atoms with van der Waals surface area (Å²) in [5, 5.41) is 3.10. The van der Waals surface area contributed by atoms with E-state index in [1.54, 1.807) is 6.07 Å². The van der Waals surface area contributed by atoms with Gasteiger partial charge in [0.1, 0.15) is 5.82 Å². The number of carbonyl (C=O) groups excluding carboxylic acids is 1. The van der Waals surface area contributed by atoms with E-state index in [2.05, 4.69) is 5.32 Å². The van der Waals surface area contributed by atoms with Crippen LogP contribution >= 0.6 is 0 Å². The molecule has 1 aliphatic heterocycles. The summed E-state index contributed by atoms with van der Waals surface area (Å²) >= 11 is 0. The first-order valence-corrected chi connectivity index (χ1v) is 4.33. The lowest BCUT2D eigenvalue weighted by molar-refractivity contribution is 0.112. The number of hydrogen-bond donors (Lipinski definition) is 1. The second-order valence-corrected chi connectivity index (χ2v) is 3.18. The third kappa shape index (κ3) is 1.41. The second kappa shape index (κ2) is 3.17. The Morgan fingerprint density at radius 1 is 1.46 bits per heavy atom. The van der Waals surface area contributed by atoms with E-state index in [1.807, 2.05) is 0 Å². The van der Waals surface area contributed by atoms with Gasteiger partial charge >= 0.3 is 0 Å². The summed E-state index contributed by atoms with van der Waals surface area (Å²) in [4.78, 5) is 10.5. The molecule has 1 aromatic rings. The Bertz CT molecular complexity index is 349. The van der Waals surface area contributed by atoms with E-state index in [4.69, 9.17) is 0 Å². The molecule has 2 rings (SSSR count). The first kappa shape index (κ1) is 8.23. The molecular formula is C10H10FNO. The number of anilines is 1. The highest BCUT2D eigenvalue weighted by atomic mass is 19.1. The van der Waals surface area contributed by atoms with Crippen molar-refractivity contribution in [1.82, 2.24) is 0 Å². The minimum Gasteiger partial charge on any atom is -0.385 e. The zero-order valence-electron chi connectivity index (χ0n) is 7.14. The summed E-state index contributed by atoms with van der Waals surface area (Å²) in [7, 11) is 0.